The van der Waals surface area contributed by atoms with E-state index in [0.717, 1.165) is 5.69 Å². The molecular weight excluding hydrogens is 314 g/mol. The maximum absolute atomic E-state index is 12.0. The summed E-state index contributed by atoms with van der Waals surface area (Å²) in [5.74, 6) is 0.865. The Morgan fingerprint density at radius 2 is 1.84 bits per heavy atom. The Labute approximate surface area is 147 Å². The van der Waals surface area contributed by atoms with Crippen molar-refractivity contribution in [1.82, 2.24) is 15.0 Å². The molecule has 0 aliphatic heterocycles. The number of aromatic nitrogens is 3. The number of nitrogens with zero attached hydrogens (tertiary/aromatic N) is 2. The first-order valence-corrected chi connectivity index (χ1v) is 8.31. The Morgan fingerprint density at radius 1 is 1.12 bits per heavy atom. The highest BCUT2D eigenvalue weighted by Gasteiger charge is 2.20. The molecule has 0 bridgehead atoms. The van der Waals surface area contributed by atoms with Gasteiger partial charge in [0.1, 0.15) is 12.4 Å². The average Bonchev–Trinajstić information content (AvgIpc) is 3.09. The van der Waals surface area contributed by atoms with E-state index in [2.05, 4.69) is 28.8 Å². The zero-order valence-corrected chi connectivity index (χ0v) is 14.3. The van der Waals surface area contributed by atoms with Crippen molar-refractivity contribution in [2.75, 3.05) is 0 Å². The molecule has 0 spiro atoms. The third kappa shape index (κ3) is 4.12. The predicted octanol–water partition coefficient (Wildman–Crippen LogP) is 3.95. The van der Waals surface area contributed by atoms with Crippen LogP contribution in [0.2, 0.25) is 0 Å². The van der Waals surface area contributed by atoms with Crippen LogP contribution in [0.25, 0.3) is 0 Å². The number of esters is 1. The summed E-state index contributed by atoms with van der Waals surface area (Å²) < 4.78 is 5.33. The van der Waals surface area contributed by atoms with Gasteiger partial charge in [0, 0.05) is 30.2 Å². The van der Waals surface area contributed by atoms with Gasteiger partial charge in [-0.15, -0.1) is 0 Å². The largest absolute Gasteiger partial charge is 0.454 e. The first kappa shape index (κ1) is 16.9. The van der Waals surface area contributed by atoms with Gasteiger partial charge in [-0.05, 0) is 35.7 Å². The highest BCUT2D eigenvalue weighted by molar-refractivity contribution is 5.89. The van der Waals surface area contributed by atoms with Crippen LogP contribution in [0.4, 0.5) is 0 Å². The van der Waals surface area contributed by atoms with Crippen molar-refractivity contribution in [3.63, 3.8) is 0 Å². The zero-order valence-electron chi connectivity index (χ0n) is 14.3. The number of nitrogens with one attached hydrogen (secondary N) is 1. The van der Waals surface area contributed by atoms with Gasteiger partial charge in [-0.2, -0.15) is 0 Å². The first-order chi connectivity index (χ1) is 12.1. The third-order valence-corrected chi connectivity index (χ3v) is 4.06. The van der Waals surface area contributed by atoms with Crippen LogP contribution in [0.5, 0.6) is 0 Å². The number of benzene rings is 1. The Kier molecular flexibility index (Phi) is 5.23. The van der Waals surface area contributed by atoms with E-state index >= 15 is 0 Å². The summed E-state index contributed by atoms with van der Waals surface area (Å²) in [5, 5.41) is 0. The van der Waals surface area contributed by atoms with Crippen LogP contribution in [0.3, 0.4) is 0 Å². The van der Waals surface area contributed by atoms with Crippen LogP contribution in [-0.2, 0) is 11.3 Å². The summed E-state index contributed by atoms with van der Waals surface area (Å²) in [5.41, 5.74) is 2.72. The van der Waals surface area contributed by atoms with Gasteiger partial charge < -0.3 is 9.72 Å². The lowest BCUT2D eigenvalue weighted by Gasteiger charge is -2.19. The normalized spacial score (nSPS) is 12.1. The molecule has 0 saturated carbocycles. The molecule has 1 atom stereocenters. The van der Waals surface area contributed by atoms with Gasteiger partial charge in [-0.1, -0.05) is 32.0 Å². The molecule has 0 amide bonds. The van der Waals surface area contributed by atoms with E-state index in [1.807, 2.05) is 36.5 Å². The first-order valence-electron chi connectivity index (χ1n) is 8.31. The minimum atomic E-state index is -0.354. The van der Waals surface area contributed by atoms with E-state index in [-0.39, 0.29) is 18.5 Å². The Morgan fingerprint density at radius 3 is 2.52 bits per heavy atom. The molecule has 3 rings (SSSR count). The van der Waals surface area contributed by atoms with E-state index in [9.17, 15) is 4.79 Å². The number of hydrogen-bond acceptors (Lipinski definition) is 4. The van der Waals surface area contributed by atoms with Crippen LogP contribution < -0.4 is 0 Å². The lowest BCUT2D eigenvalue weighted by molar-refractivity contribution is 0.0463. The maximum atomic E-state index is 12.0. The van der Waals surface area contributed by atoms with Gasteiger partial charge >= 0.3 is 5.97 Å². The van der Waals surface area contributed by atoms with Crippen LogP contribution in [-0.4, -0.2) is 20.9 Å². The van der Waals surface area contributed by atoms with Gasteiger partial charge in [-0.25, -0.2) is 9.78 Å². The summed E-state index contributed by atoms with van der Waals surface area (Å²) in [6.45, 7) is 4.46. The number of aromatic amines is 1. The SMILES string of the molecule is CC(C)C(c1ccncc1)c1cnc(COC(=O)c2ccccc2)[nH]1. The Balaban J connectivity index is 1.70. The van der Waals surface area contributed by atoms with Gasteiger partial charge in [-0.3, -0.25) is 4.98 Å². The van der Waals surface area contributed by atoms with E-state index in [0.29, 0.717) is 17.3 Å². The molecule has 2 heterocycles. The van der Waals surface area contributed by atoms with Crippen LogP contribution in [0.15, 0.2) is 61.1 Å². The molecule has 0 aliphatic rings. The van der Waals surface area contributed by atoms with Gasteiger partial charge in [0.2, 0.25) is 0 Å². The van der Waals surface area contributed by atoms with Crippen LogP contribution in [0.1, 0.15) is 47.2 Å². The van der Waals surface area contributed by atoms with Crippen molar-refractivity contribution >= 4 is 5.97 Å². The molecule has 1 N–H and O–H groups in total. The highest BCUT2D eigenvalue weighted by atomic mass is 16.5. The number of pyridine rings is 1. The third-order valence-electron chi connectivity index (χ3n) is 4.06. The molecule has 1 aromatic carbocycles. The van der Waals surface area contributed by atoms with Crippen molar-refractivity contribution < 1.29 is 9.53 Å². The van der Waals surface area contributed by atoms with E-state index in [4.69, 9.17) is 4.74 Å². The molecule has 0 radical (unpaired) electrons. The zero-order chi connectivity index (χ0) is 17.6. The minimum absolute atomic E-state index is 0.120. The molecule has 25 heavy (non-hydrogen) atoms. The number of rotatable bonds is 6. The molecule has 1 unspecified atom stereocenters. The molecular formula is C20H21N3O2. The van der Waals surface area contributed by atoms with Crippen LogP contribution in [0, 0.1) is 5.92 Å². The Hall–Kier alpha value is -2.95. The van der Waals surface area contributed by atoms with E-state index < -0.39 is 0 Å². The van der Waals surface area contributed by atoms with Crippen LogP contribution >= 0.6 is 0 Å². The Bertz CT molecular complexity index is 813. The van der Waals surface area contributed by atoms with E-state index in [1.54, 1.807) is 24.5 Å². The second kappa shape index (κ2) is 7.75. The molecule has 3 aromatic rings. The lowest BCUT2D eigenvalue weighted by Crippen LogP contribution is -2.10. The van der Waals surface area contributed by atoms with Crippen molar-refractivity contribution in [2.45, 2.75) is 26.4 Å². The molecule has 5 heteroatoms. The molecule has 0 fully saturated rings. The van der Waals surface area contributed by atoms with E-state index in [1.165, 1.54) is 5.56 Å². The van der Waals surface area contributed by atoms with Gasteiger partial charge in [0.15, 0.2) is 0 Å². The average molecular weight is 335 g/mol. The summed E-state index contributed by atoms with van der Waals surface area (Å²) in [6.07, 6.45) is 5.41. The number of H-pyrrole nitrogens is 1. The molecule has 0 saturated heterocycles. The quantitative estimate of drug-likeness (QED) is 0.693. The summed E-state index contributed by atoms with van der Waals surface area (Å²) >= 11 is 0. The highest BCUT2D eigenvalue weighted by Crippen LogP contribution is 2.30. The van der Waals surface area contributed by atoms with Crippen molar-refractivity contribution in [2.24, 2.45) is 5.92 Å². The fourth-order valence-corrected chi connectivity index (χ4v) is 2.90. The minimum Gasteiger partial charge on any atom is -0.454 e. The maximum Gasteiger partial charge on any atom is 0.338 e. The second-order valence-electron chi connectivity index (χ2n) is 6.23. The number of imidazole rings is 1. The number of ether oxygens (including phenoxy) is 1. The topological polar surface area (TPSA) is 67.9 Å². The molecule has 0 aliphatic carbocycles. The van der Waals surface area contributed by atoms with Crippen molar-refractivity contribution in [1.29, 1.82) is 0 Å². The summed E-state index contributed by atoms with van der Waals surface area (Å²) in [7, 11) is 0. The molecule has 128 valence electrons. The molecule has 2 aromatic heterocycles. The number of carbonyl (C=O) groups is 1. The van der Waals surface area contributed by atoms with Gasteiger partial charge in [0.25, 0.3) is 0 Å². The smallest absolute Gasteiger partial charge is 0.338 e. The fraction of sp³-hybridized carbons (Fsp3) is 0.250. The fourth-order valence-electron chi connectivity index (χ4n) is 2.90. The van der Waals surface area contributed by atoms with Gasteiger partial charge in [0.05, 0.1) is 5.56 Å². The number of carbonyl (C=O) groups excluding carboxylic acids is 1. The summed E-state index contributed by atoms with van der Waals surface area (Å²) in [6, 6.07) is 13.0. The van der Waals surface area contributed by atoms with Crippen molar-refractivity contribution in [3.05, 3.63) is 83.7 Å². The predicted molar refractivity (Wildman–Crippen MR) is 95.1 cm³/mol. The monoisotopic (exact) mass is 335 g/mol. The van der Waals surface area contributed by atoms with Crippen molar-refractivity contribution in [3.8, 4) is 0 Å². The number of hydrogen-bond donors (Lipinski definition) is 1. The molecule has 5 nitrogen and oxygen atoms in total. The lowest BCUT2D eigenvalue weighted by atomic mass is 9.87. The standard InChI is InChI=1S/C20H21N3O2/c1-14(2)19(15-8-10-21-11-9-15)17-12-22-18(23-17)13-25-20(24)16-6-4-3-5-7-16/h3-12,14,19H,13H2,1-2H3,(H,22,23). The summed E-state index contributed by atoms with van der Waals surface area (Å²) in [4.78, 5) is 23.8. The second-order valence-corrected chi connectivity index (χ2v) is 6.23.